The number of rotatable bonds is 5. The molecule has 1 saturated heterocycles. The molecule has 3 aromatic rings. The molecule has 6 nitrogen and oxygen atoms in total. The summed E-state index contributed by atoms with van der Waals surface area (Å²) in [6.45, 7) is 0.274. The summed E-state index contributed by atoms with van der Waals surface area (Å²) in [5.41, 5.74) is 0.770. The van der Waals surface area contributed by atoms with Crippen molar-refractivity contribution < 1.29 is 22.0 Å². The second-order valence-corrected chi connectivity index (χ2v) is 10.6. The smallest absolute Gasteiger partial charge is 0.253 e. The minimum Gasteiger partial charge on any atom is -0.301 e. The van der Waals surface area contributed by atoms with E-state index < -0.39 is 33.6 Å². The highest BCUT2D eigenvalue weighted by molar-refractivity contribution is 7.91. The molecule has 1 fully saturated rings. The van der Waals surface area contributed by atoms with Crippen LogP contribution in [0.25, 0.3) is 11.3 Å². The summed E-state index contributed by atoms with van der Waals surface area (Å²) in [6, 6.07) is 5.80. The Hall–Kier alpha value is -2.21. The predicted octanol–water partition coefficient (Wildman–Crippen LogP) is 4.33. The number of amides is 1. The highest BCUT2D eigenvalue weighted by atomic mass is 32.2. The zero-order valence-corrected chi connectivity index (χ0v) is 18.0. The zero-order chi connectivity index (χ0) is 21.3. The van der Waals surface area contributed by atoms with E-state index in [1.165, 1.54) is 16.4 Å². The maximum Gasteiger partial charge on any atom is 0.253 e. The molecule has 158 valence electrons. The van der Waals surface area contributed by atoms with Gasteiger partial charge in [0.25, 0.3) is 10.0 Å². The number of hydrogen-bond donors (Lipinski definition) is 1. The molecule has 1 atom stereocenters. The third-order valence-electron chi connectivity index (χ3n) is 4.76. The molecule has 2 aromatic heterocycles. The molecule has 1 aromatic carbocycles. The van der Waals surface area contributed by atoms with Gasteiger partial charge in [-0.05, 0) is 42.5 Å². The van der Waals surface area contributed by atoms with E-state index in [2.05, 4.69) is 10.3 Å². The first-order valence-electron chi connectivity index (χ1n) is 9.13. The lowest BCUT2D eigenvalue weighted by molar-refractivity contribution is -0.120. The second kappa shape index (κ2) is 8.50. The van der Waals surface area contributed by atoms with E-state index in [0.29, 0.717) is 24.1 Å². The average Bonchev–Trinajstić information content (AvgIpc) is 3.43. The number of nitrogens with one attached hydrogen (secondary N) is 1. The van der Waals surface area contributed by atoms with Gasteiger partial charge in [-0.2, -0.15) is 4.31 Å². The van der Waals surface area contributed by atoms with Gasteiger partial charge in [-0.25, -0.2) is 22.2 Å². The second-order valence-electron chi connectivity index (χ2n) is 6.72. The summed E-state index contributed by atoms with van der Waals surface area (Å²) in [5, 5.41) is 6.23. The Morgan fingerprint density at radius 2 is 2.00 bits per heavy atom. The van der Waals surface area contributed by atoms with E-state index in [1.54, 1.807) is 16.8 Å². The molecule has 0 bridgehead atoms. The van der Waals surface area contributed by atoms with Crippen LogP contribution in [0.2, 0.25) is 0 Å². The first-order chi connectivity index (χ1) is 14.4. The molecule has 3 heterocycles. The third-order valence-corrected chi connectivity index (χ3v) is 8.80. The van der Waals surface area contributed by atoms with E-state index in [1.807, 2.05) is 0 Å². The molecule has 0 saturated carbocycles. The molecular formula is C19H17F2N3O3S3. The molecule has 1 unspecified atom stereocenters. The average molecular weight is 470 g/mol. The molecule has 11 heteroatoms. The van der Waals surface area contributed by atoms with Crippen molar-refractivity contribution in [2.24, 2.45) is 0 Å². The summed E-state index contributed by atoms with van der Waals surface area (Å²) in [7, 11) is -3.75. The minimum atomic E-state index is -3.75. The summed E-state index contributed by atoms with van der Waals surface area (Å²) in [6.07, 6.45) is 1.84. The van der Waals surface area contributed by atoms with Crippen molar-refractivity contribution in [2.45, 2.75) is 29.5 Å². The van der Waals surface area contributed by atoms with Gasteiger partial charge < -0.3 is 5.32 Å². The predicted molar refractivity (Wildman–Crippen MR) is 112 cm³/mol. The Bertz CT molecular complexity index is 1160. The fraction of sp³-hybridized carbons (Fsp3) is 0.263. The Morgan fingerprint density at radius 1 is 1.17 bits per heavy atom. The largest absolute Gasteiger partial charge is 0.301 e. The number of anilines is 1. The highest BCUT2D eigenvalue weighted by Crippen LogP contribution is 2.30. The van der Waals surface area contributed by atoms with E-state index in [4.69, 9.17) is 0 Å². The van der Waals surface area contributed by atoms with Gasteiger partial charge in [0, 0.05) is 17.5 Å². The van der Waals surface area contributed by atoms with Crippen molar-refractivity contribution in [1.82, 2.24) is 9.29 Å². The number of halogens is 2. The Labute approximate surface area is 180 Å². The lowest BCUT2D eigenvalue weighted by Gasteiger charge is -2.32. The summed E-state index contributed by atoms with van der Waals surface area (Å²) < 4.78 is 53.9. The van der Waals surface area contributed by atoms with Crippen LogP contribution in [-0.2, 0) is 14.8 Å². The Balaban J connectivity index is 1.53. The van der Waals surface area contributed by atoms with Crippen molar-refractivity contribution in [1.29, 1.82) is 0 Å². The van der Waals surface area contributed by atoms with Gasteiger partial charge in [0.15, 0.2) is 16.8 Å². The third kappa shape index (κ3) is 4.15. The molecule has 1 aliphatic rings. The summed E-state index contributed by atoms with van der Waals surface area (Å²) >= 11 is 2.24. The topological polar surface area (TPSA) is 79.4 Å². The number of carbonyl (C=O) groups is 1. The van der Waals surface area contributed by atoms with Crippen LogP contribution in [-0.4, -0.2) is 36.2 Å². The van der Waals surface area contributed by atoms with E-state index >= 15 is 0 Å². The van der Waals surface area contributed by atoms with Gasteiger partial charge in [-0.3, -0.25) is 4.79 Å². The fourth-order valence-corrected chi connectivity index (χ4v) is 6.79. The molecule has 30 heavy (non-hydrogen) atoms. The quantitative estimate of drug-likeness (QED) is 0.603. The molecule has 1 aliphatic heterocycles. The molecule has 0 spiro atoms. The number of sulfonamides is 1. The number of thiazole rings is 1. The number of carbonyl (C=O) groups excluding carboxylic acids is 1. The maximum absolute atomic E-state index is 13.5. The molecule has 1 amide bonds. The van der Waals surface area contributed by atoms with Crippen molar-refractivity contribution in [3.05, 3.63) is 52.7 Å². The number of piperidine rings is 1. The fourth-order valence-electron chi connectivity index (χ4n) is 3.29. The maximum atomic E-state index is 13.5. The van der Waals surface area contributed by atoms with Crippen LogP contribution in [0.1, 0.15) is 19.3 Å². The number of thiophene rings is 1. The van der Waals surface area contributed by atoms with Crippen molar-refractivity contribution in [3.8, 4) is 11.3 Å². The molecule has 4 rings (SSSR count). The van der Waals surface area contributed by atoms with Crippen molar-refractivity contribution in [2.75, 3.05) is 11.9 Å². The van der Waals surface area contributed by atoms with Crippen molar-refractivity contribution in [3.63, 3.8) is 0 Å². The van der Waals surface area contributed by atoms with Gasteiger partial charge >= 0.3 is 0 Å². The zero-order valence-electron chi connectivity index (χ0n) is 15.5. The van der Waals surface area contributed by atoms with Gasteiger partial charge in [-0.1, -0.05) is 12.5 Å². The van der Waals surface area contributed by atoms with Gasteiger partial charge in [0.2, 0.25) is 5.91 Å². The van der Waals surface area contributed by atoms with Crippen LogP contribution >= 0.6 is 22.7 Å². The first-order valence-corrected chi connectivity index (χ1v) is 12.3. The number of hydrogen-bond acceptors (Lipinski definition) is 6. The minimum absolute atomic E-state index is 0.206. The van der Waals surface area contributed by atoms with Crippen LogP contribution < -0.4 is 5.32 Å². The van der Waals surface area contributed by atoms with Crippen LogP contribution in [0.4, 0.5) is 13.9 Å². The highest BCUT2D eigenvalue weighted by Gasteiger charge is 2.38. The van der Waals surface area contributed by atoms with Crippen LogP contribution in [0.15, 0.2) is 45.3 Å². The molecule has 0 aliphatic carbocycles. The number of nitrogens with zero attached hydrogens (tertiary/aromatic N) is 2. The normalized spacial score (nSPS) is 17.7. The monoisotopic (exact) mass is 469 g/mol. The van der Waals surface area contributed by atoms with Crippen LogP contribution in [0.3, 0.4) is 0 Å². The summed E-state index contributed by atoms with van der Waals surface area (Å²) in [4.78, 5) is 17.1. The van der Waals surface area contributed by atoms with E-state index in [-0.39, 0.29) is 15.9 Å². The van der Waals surface area contributed by atoms with Crippen LogP contribution in [0, 0.1) is 11.6 Å². The summed E-state index contributed by atoms with van der Waals surface area (Å²) in [5.74, 6) is -2.39. The van der Waals surface area contributed by atoms with Gasteiger partial charge in [-0.15, -0.1) is 22.7 Å². The molecular weight excluding hydrogens is 452 g/mol. The Morgan fingerprint density at radius 3 is 2.73 bits per heavy atom. The standard InChI is InChI=1S/C19H17F2N3O3S3/c20-13-7-6-12(10-14(13)21)15-11-29-19(22-15)23-18(25)16-4-1-2-8-24(16)30(26,27)17-5-3-9-28-17/h3,5-7,9-11,16H,1-2,4,8H2,(H,22,23,25). The lowest BCUT2D eigenvalue weighted by atomic mass is 10.0. The van der Waals surface area contributed by atoms with Crippen molar-refractivity contribution >= 4 is 43.7 Å². The Kier molecular flexibility index (Phi) is 5.96. The van der Waals surface area contributed by atoms with Gasteiger partial charge in [0.05, 0.1) is 5.69 Å². The first kappa shape index (κ1) is 21.0. The number of benzene rings is 1. The van der Waals surface area contributed by atoms with E-state index in [9.17, 15) is 22.0 Å². The van der Waals surface area contributed by atoms with Gasteiger partial charge in [0.1, 0.15) is 10.3 Å². The van der Waals surface area contributed by atoms with Crippen LogP contribution in [0.5, 0.6) is 0 Å². The molecule has 0 radical (unpaired) electrons. The van der Waals surface area contributed by atoms with E-state index in [0.717, 1.165) is 41.2 Å². The SMILES string of the molecule is O=C(Nc1nc(-c2ccc(F)c(F)c2)cs1)C1CCCCN1S(=O)(=O)c1cccs1. The molecule has 1 N–H and O–H groups in total. The number of aromatic nitrogens is 1. The lowest BCUT2D eigenvalue weighted by Crippen LogP contribution is -2.49.